The fourth-order valence-electron chi connectivity index (χ4n) is 2.60. The van der Waals surface area contributed by atoms with Crippen LogP contribution in [0.4, 0.5) is 18.3 Å². The van der Waals surface area contributed by atoms with Crippen molar-refractivity contribution in [2.75, 3.05) is 11.9 Å². The van der Waals surface area contributed by atoms with E-state index in [9.17, 15) is 21.6 Å². The number of nitrogens with zero attached hydrogens (tertiary/aromatic N) is 1. The Kier molecular flexibility index (Phi) is 6.05. The Bertz CT molecular complexity index is 673. The molecule has 1 saturated carbocycles. The summed E-state index contributed by atoms with van der Waals surface area (Å²) in [6.45, 7) is 5.36. The normalized spacial score (nSPS) is 22.8. The van der Waals surface area contributed by atoms with E-state index < -0.39 is 26.6 Å². The number of anilines is 1. The van der Waals surface area contributed by atoms with Gasteiger partial charge in [-0.25, -0.2) is 18.1 Å². The number of hydrogen-bond acceptors (Lipinski definition) is 5. The molecule has 5 nitrogen and oxygen atoms in total. The summed E-state index contributed by atoms with van der Waals surface area (Å²) in [4.78, 5) is 3.58. The van der Waals surface area contributed by atoms with Gasteiger partial charge in [-0.3, -0.25) is 0 Å². The molecular weight excluding hydrogens is 375 g/mol. The van der Waals surface area contributed by atoms with Gasteiger partial charge in [0.15, 0.2) is 10.8 Å². The zero-order valence-corrected chi connectivity index (χ0v) is 16.1. The number of aromatic nitrogens is 1. The van der Waals surface area contributed by atoms with Gasteiger partial charge in [-0.2, -0.15) is 13.2 Å². The Hall–Kier alpha value is -0.870. The van der Waals surface area contributed by atoms with Gasteiger partial charge in [-0.05, 0) is 52.4 Å². The van der Waals surface area contributed by atoms with Gasteiger partial charge in [0.25, 0.3) is 0 Å². The summed E-state index contributed by atoms with van der Waals surface area (Å²) < 4.78 is 63.6. The molecule has 0 aliphatic heterocycles. The van der Waals surface area contributed by atoms with Gasteiger partial charge < -0.3 is 5.32 Å². The number of hydrogen-bond donors (Lipinski definition) is 2. The lowest BCUT2D eigenvalue weighted by Crippen LogP contribution is -2.42. The van der Waals surface area contributed by atoms with Crippen molar-refractivity contribution < 1.29 is 21.6 Å². The molecule has 1 fully saturated rings. The number of rotatable bonds is 5. The molecule has 0 bridgehead atoms. The monoisotopic (exact) mass is 399 g/mol. The average Bonchev–Trinajstić information content (AvgIpc) is 2.94. The second kappa shape index (κ2) is 7.40. The largest absolute Gasteiger partial charge is 0.434 e. The predicted molar refractivity (Wildman–Crippen MR) is 93.2 cm³/mol. The Morgan fingerprint density at radius 2 is 1.80 bits per heavy atom. The standard InChI is InChI=1S/C15H24F3N3O2S2/c1-14(2,3)25(22,23)19-8-10-4-6-11(7-5-10)20-13-21-12(9-24-13)15(16,17)18/h9-11,19H,4-8H2,1-3H3,(H,20,21). The maximum atomic E-state index is 12.6. The minimum absolute atomic E-state index is 0.0720. The van der Waals surface area contributed by atoms with Crippen LogP contribution in [0, 0.1) is 5.92 Å². The van der Waals surface area contributed by atoms with Crippen molar-refractivity contribution >= 4 is 26.5 Å². The maximum absolute atomic E-state index is 12.6. The van der Waals surface area contributed by atoms with E-state index in [2.05, 4.69) is 15.0 Å². The minimum Gasteiger partial charge on any atom is -0.359 e. The third kappa shape index (κ3) is 5.55. The summed E-state index contributed by atoms with van der Waals surface area (Å²) in [5, 5.41) is 4.35. The Labute approximate surface area is 150 Å². The van der Waals surface area contributed by atoms with Gasteiger partial charge in [-0.1, -0.05) is 0 Å². The summed E-state index contributed by atoms with van der Waals surface area (Å²) in [7, 11) is -3.35. The summed E-state index contributed by atoms with van der Waals surface area (Å²) in [5.41, 5.74) is -0.870. The van der Waals surface area contributed by atoms with Crippen LogP contribution in [0.5, 0.6) is 0 Å². The van der Waals surface area contributed by atoms with Gasteiger partial charge in [0.05, 0.1) is 4.75 Å². The topological polar surface area (TPSA) is 71.1 Å². The van der Waals surface area contributed by atoms with Gasteiger partial charge >= 0.3 is 6.18 Å². The maximum Gasteiger partial charge on any atom is 0.434 e. The van der Waals surface area contributed by atoms with Crippen LogP contribution in [0.15, 0.2) is 5.38 Å². The molecule has 0 radical (unpaired) electrons. The van der Waals surface area contributed by atoms with Crippen molar-refractivity contribution in [2.24, 2.45) is 5.92 Å². The zero-order valence-electron chi connectivity index (χ0n) is 14.5. The zero-order chi connectivity index (χ0) is 18.9. The first-order valence-electron chi connectivity index (χ1n) is 8.17. The van der Waals surface area contributed by atoms with Crippen molar-refractivity contribution in [3.05, 3.63) is 11.1 Å². The highest BCUT2D eigenvalue weighted by molar-refractivity contribution is 7.90. The summed E-state index contributed by atoms with van der Waals surface area (Å²) >= 11 is 0.953. The quantitative estimate of drug-likeness (QED) is 0.789. The smallest absolute Gasteiger partial charge is 0.359 e. The Morgan fingerprint density at radius 3 is 2.28 bits per heavy atom. The van der Waals surface area contributed by atoms with E-state index in [0.29, 0.717) is 6.54 Å². The van der Waals surface area contributed by atoms with E-state index in [1.54, 1.807) is 20.8 Å². The molecule has 0 aromatic carbocycles. The first-order valence-corrected chi connectivity index (χ1v) is 10.5. The van der Waals surface area contributed by atoms with E-state index in [1.807, 2.05) is 0 Å². The second-order valence-corrected chi connectivity index (χ2v) is 10.7. The molecule has 10 heteroatoms. The van der Waals surface area contributed by atoms with Gasteiger partial charge in [0.1, 0.15) is 0 Å². The van der Waals surface area contributed by atoms with Crippen LogP contribution in [0.3, 0.4) is 0 Å². The summed E-state index contributed by atoms with van der Waals surface area (Å²) in [6, 6.07) is 0.0720. The highest BCUT2D eigenvalue weighted by Crippen LogP contribution is 2.33. The van der Waals surface area contributed by atoms with Crippen LogP contribution in [-0.2, 0) is 16.2 Å². The molecular formula is C15H24F3N3O2S2. The molecule has 0 saturated heterocycles. The third-order valence-corrected chi connectivity index (χ3v) is 7.27. The number of nitrogens with one attached hydrogen (secondary N) is 2. The molecule has 1 aromatic rings. The van der Waals surface area contributed by atoms with Crippen molar-refractivity contribution in [2.45, 2.75) is 63.4 Å². The molecule has 0 unspecified atom stereocenters. The van der Waals surface area contributed by atoms with Crippen LogP contribution in [0.2, 0.25) is 0 Å². The van der Waals surface area contributed by atoms with Crippen molar-refractivity contribution in [1.82, 2.24) is 9.71 Å². The van der Waals surface area contributed by atoms with Crippen LogP contribution in [-0.4, -0.2) is 30.7 Å². The number of thiazole rings is 1. The van der Waals surface area contributed by atoms with Crippen molar-refractivity contribution in [3.63, 3.8) is 0 Å². The highest BCUT2D eigenvalue weighted by atomic mass is 32.2. The number of alkyl halides is 3. The molecule has 0 spiro atoms. The van der Waals surface area contributed by atoms with Crippen LogP contribution >= 0.6 is 11.3 Å². The van der Waals surface area contributed by atoms with Crippen molar-refractivity contribution in [3.8, 4) is 0 Å². The molecule has 2 N–H and O–H groups in total. The molecule has 1 aliphatic carbocycles. The molecule has 1 aliphatic rings. The third-order valence-electron chi connectivity index (χ3n) is 4.34. The van der Waals surface area contributed by atoms with Gasteiger partial charge in [0.2, 0.25) is 10.0 Å². The van der Waals surface area contributed by atoms with E-state index in [1.165, 1.54) is 0 Å². The average molecular weight is 400 g/mol. The lowest BCUT2D eigenvalue weighted by atomic mass is 9.86. The molecule has 1 heterocycles. The fourth-order valence-corrected chi connectivity index (χ4v) is 4.28. The van der Waals surface area contributed by atoms with Crippen molar-refractivity contribution in [1.29, 1.82) is 0 Å². The number of halogens is 3. The van der Waals surface area contributed by atoms with Crippen LogP contribution in [0.1, 0.15) is 52.1 Å². The Morgan fingerprint density at radius 1 is 1.20 bits per heavy atom. The SMILES string of the molecule is CC(C)(C)S(=O)(=O)NCC1CCC(Nc2nc(C(F)(F)F)cs2)CC1. The molecule has 0 atom stereocenters. The number of sulfonamides is 1. The summed E-state index contributed by atoms with van der Waals surface area (Å²) in [5.74, 6) is 0.247. The van der Waals surface area contributed by atoms with E-state index in [-0.39, 0.29) is 17.1 Å². The Balaban J connectivity index is 1.79. The van der Waals surface area contributed by atoms with E-state index >= 15 is 0 Å². The van der Waals surface area contributed by atoms with Gasteiger partial charge in [-0.15, -0.1) is 11.3 Å². The molecule has 1 aromatic heterocycles. The predicted octanol–water partition coefficient (Wildman–Crippen LogP) is 3.85. The molecule has 2 rings (SSSR count). The van der Waals surface area contributed by atoms with Gasteiger partial charge in [0, 0.05) is 18.0 Å². The fraction of sp³-hybridized carbons (Fsp3) is 0.800. The lowest BCUT2D eigenvalue weighted by molar-refractivity contribution is -0.140. The van der Waals surface area contributed by atoms with E-state index in [4.69, 9.17) is 0 Å². The molecule has 0 amide bonds. The lowest BCUT2D eigenvalue weighted by Gasteiger charge is -2.30. The first kappa shape index (κ1) is 20.4. The second-order valence-electron chi connectivity index (χ2n) is 7.36. The highest BCUT2D eigenvalue weighted by Gasteiger charge is 2.34. The van der Waals surface area contributed by atoms with Crippen LogP contribution in [0.25, 0.3) is 0 Å². The van der Waals surface area contributed by atoms with E-state index in [0.717, 1.165) is 42.4 Å². The molecule has 25 heavy (non-hydrogen) atoms. The van der Waals surface area contributed by atoms with Crippen LogP contribution < -0.4 is 10.0 Å². The minimum atomic E-state index is -4.42. The first-order chi connectivity index (χ1) is 11.4. The summed E-state index contributed by atoms with van der Waals surface area (Å²) in [6.07, 6.45) is -1.21. The molecule has 144 valence electrons.